The molecular weight excluding hydrogens is 536 g/mol. The van der Waals surface area contributed by atoms with Gasteiger partial charge >= 0.3 is 59.5 Å². The van der Waals surface area contributed by atoms with Crippen molar-refractivity contribution in [3.8, 4) is 11.1 Å². The fourth-order valence-corrected chi connectivity index (χ4v) is 5.89. The van der Waals surface area contributed by atoms with Crippen LogP contribution in [0.15, 0.2) is 48.1 Å². The molecule has 2 aromatic carbocycles. The maximum absolute atomic E-state index is 3.53. The van der Waals surface area contributed by atoms with Crippen LogP contribution in [0.25, 0.3) is 11.1 Å². The normalized spacial score (nSPS) is 18.6. The summed E-state index contributed by atoms with van der Waals surface area (Å²) in [4.78, 5) is 0. The Hall–Kier alpha value is -1.33. The summed E-state index contributed by atoms with van der Waals surface area (Å²) in [6.07, 6.45) is 16.0. The zero-order valence-corrected chi connectivity index (χ0v) is 28.3. The average molecular weight is 586 g/mol. The molecule has 2 aromatic rings. The molecule has 1 atom stereocenters. The number of rotatable bonds is 0. The molecule has 0 nitrogen and oxygen atoms in total. The Morgan fingerprint density at radius 3 is 1.82 bits per heavy atom. The van der Waals surface area contributed by atoms with Crippen LogP contribution in [-0.2, 0) is 41.5 Å². The summed E-state index contributed by atoms with van der Waals surface area (Å²) in [5, 5.41) is 0. The zero-order valence-electron chi connectivity index (χ0n) is 25.9. The van der Waals surface area contributed by atoms with Crippen LogP contribution in [0.4, 0.5) is 0 Å². The molecule has 3 aliphatic carbocycles. The van der Waals surface area contributed by atoms with E-state index in [1.807, 2.05) is 0 Å². The first kappa shape index (κ1) is 31.2. The van der Waals surface area contributed by atoms with E-state index in [1.54, 1.807) is 27.4 Å². The molecule has 1 saturated carbocycles. The van der Waals surface area contributed by atoms with Gasteiger partial charge in [0, 0.05) is 0 Å². The van der Waals surface area contributed by atoms with Crippen molar-refractivity contribution in [1.82, 2.24) is 0 Å². The number of hydrogen-bond acceptors (Lipinski definition) is 0. The minimum atomic E-state index is 0.177. The quantitative estimate of drug-likeness (QED) is 0.230. The van der Waals surface area contributed by atoms with Crippen molar-refractivity contribution in [2.75, 3.05) is 0 Å². The summed E-state index contributed by atoms with van der Waals surface area (Å²) in [6.45, 7) is 22.5. The Labute approximate surface area is 249 Å². The summed E-state index contributed by atoms with van der Waals surface area (Å²) in [5.74, 6) is 0.522. The van der Waals surface area contributed by atoms with Gasteiger partial charge in [0.25, 0.3) is 0 Å². The first-order valence-corrected chi connectivity index (χ1v) is 15.9. The van der Waals surface area contributed by atoms with Crippen molar-refractivity contribution < 1.29 is 24.2 Å². The third-order valence-corrected chi connectivity index (χ3v) is 9.01. The molecule has 0 bridgehead atoms. The van der Waals surface area contributed by atoms with Crippen LogP contribution in [0.1, 0.15) is 124 Å². The molecule has 0 radical (unpaired) electrons. The van der Waals surface area contributed by atoms with E-state index in [0.717, 1.165) is 6.42 Å². The molecule has 1 heteroatoms. The Morgan fingerprint density at radius 1 is 0.763 bits per heavy atom. The van der Waals surface area contributed by atoms with E-state index in [0.29, 0.717) is 11.3 Å². The number of hydrogen-bond donors (Lipinski definition) is 0. The Kier molecular flexibility index (Phi) is 10.2. The third kappa shape index (κ3) is 8.58. The Morgan fingerprint density at radius 2 is 1.37 bits per heavy atom. The molecular formula is C37H50Zr. The molecule has 1 fully saturated rings. The van der Waals surface area contributed by atoms with E-state index in [-0.39, 0.29) is 10.8 Å². The molecule has 1 unspecified atom stereocenters. The fourth-order valence-electron chi connectivity index (χ4n) is 5.02. The maximum atomic E-state index is 3.53. The summed E-state index contributed by atoms with van der Waals surface area (Å²) in [6, 6.07) is 15.1. The number of benzene rings is 2. The van der Waals surface area contributed by atoms with Gasteiger partial charge in [-0.2, -0.15) is 41.0 Å². The summed E-state index contributed by atoms with van der Waals surface area (Å²) < 4.78 is 1.80. The van der Waals surface area contributed by atoms with Gasteiger partial charge in [-0.25, -0.2) is 6.08 Å². The number of fused-ring (bicyclic) bond motifs is 3. The van der Waals surface area contributed by atoms with Crippen LogP contribution >= 0.6 is 0 Å². The molecule has 202 valence electrons. The SMILES string of the molecule is CC(C)(C)c1c[c-]c2c(c1)-c1cc(C(C)(C)C)ccc1C2.CC1[C-]=CC(C(C)(C)C)=C1.[Zr+2]=[C]1CCCCC1. The molecule has 3 aliphatic rings. The van der Waals surface area contributed by atoms with Crippen molar-refractivity contribution >= 4 is 3.21 Å². The molecule has 38 heavy (non-hydrogen) atoms. The van der Waals surface area contributed by atoms with Crippen LogP contribution in [0.2, 0.25) is 0 Å². The zero-order chi connectivity index (χ0) is 28.3. The molecule has 5 rings (SSSR count). The van der Waals surface area contributed by atoms with E-state index in [9.17, 15) is 0 Å². The first-order chi connectivity index (χ1) is 17.6. The van der Waals surface area contributed by atoms with Crippen LogP contribution in [-0.4, -0.2) is 3.21 Å². The van der Waals surface area contributed by atoms with Gasteiger partial charge in [0.05, 0.1) is 0 Å². The minimum absolute atomic E-state index is 0.177. The van der Waals surface area contributed by atoms with Gasteiger partial charge in [-0.05, 0) is 17.4 Å². The average Bonchev–Trinajstić information content (AvgIpc) is 3.42. The molecule has 0 saturated heterocycles. The van der Waals surface area contributed by atoms with E-state index in [4.69, 9.17) is 0 Å². The van der Waals surface area contributed by atoms with Gasteiger partial charge in [0.2, 0.25) is 0 Å². The second-order valence-corrected chi connectivity index (χ2v) is 16.2. The van der Waals surface area contributed by atoms with Gasteiger partial charge in [0.15, 0.2) is 0 Å². The van der Waals surface area contributed by atoms with Gasteiger partial charge < -0.3 is 0 Å². The summed E-state index contributed by atoms with van der Waals surface area (Å²) >= 11 is 1.69. The molecule has 0 N–H and O–H groups in total. The molecule has 0 aromatic heterocycles. The third-order valence-electron chi connectivity index (χ3n) is 7.78. The monoisotopic (exact) mass is 584 g/mol. The summed E-state index contributed by atoms with van der Waals surface area (Å²) in [5.41, 5.74) is 10.5. The van der Waals surface area contributed by atoms with Crippen molar-refractivity contribution in [2.45, 2.75) is 119 Å². The van der Waals surface area contributed by atoms with Crippen LogP contribution in [0, 0.1) is 23.5 Å². The van der Waals surface area contributed by atoms with Crippen LogP contribution < -0.4 is 0 Å². The van der Waals surface area contributed by atoms with Crippen LogP contribution in [0.3, 0.4) is 0 Å². The Balaban J connectivity index is 0.000000194. The predicted octanol–water partition coefficient (Wildman–Crippen LogP) is 10.3. The number of allylic oxidation sites excluding steroid dienone is 4. The molecule has 0 aliphatic heterocycles. The second kappa shape index (κ2) is 12.5. The second-order valence-electron chi connectivity index (χ2n) is 14.5. The molecule has 0 heterocycles. The van der Waals surface area contributed by atoms with E-state index >= 15 is 0 Å². The van der Waals surface area contributed by atoms with Crippen molar-refractivity contribution in [1.29, 1.82) is 0 Å². The molecule has 0 spiro atoms. The van der Waals surface area contributed by atoms with Gasteiger partial charge in [-0.3, -0.25) is 6.08 Å². The Bertz CT molecular complexity index is 1120. The van der Waals surface area contributed by atoms with Gasteiger partial charge in [0.1, 0.15) is 0 Å². The summed E-state index contributed by atoms with van der Waals surface area (Å²) in [7, 11) is 0. The van der Waals surface area contributed by atoms with Crippen molar-refractivity contribution in [2.24, 2.45) is 11.3 Å². The van der Waals surface area contributed by atoms with Crippen molar-refractivity contribution in [3.63, 3.8) is 0 Å². The molecule has 0 amide bonds. The van der Waals surface area contributed by atoms with Gasteiger partial charge in [-0.15, -0.1) is 5.56 Å². The predicted molar refractivity (Wildman–Crippen MR) is 164 cm³/mol. The van der Waals surface area contributed by atoms with E-state index < -0.39 is 0 Å². The first-order valence-electron chi connectivity index (χ1n) is 14.6. The van der Waals surface area contributed by atoms with E-state index in [1.165, 1.54) is 71.1 Å². The van der Waals surface area contributed by atoms with E-state index in [2.05, 4.69) is 124 Å². The van der Waals surface area contributed by atoms with Gasteiger partial charge in [-0.1, -0.05) is 115 Å². The fraction of sp³-hybridized carbons (Fsp3) is 0.541. The van der Waals surface area contributed by atoms with Crippen LogP contribution in [0.5, 0.6) is 0 Å². The van der Waals surface area contributed by atoms with Crippen molar-refractivity contribution in [3.05, 3.63) is 82.5 Å². The topological polar surface area (TPSA) is 0 Å². The standard InChI is InChI=1S/C21H25.C10H15.C6H10.Zr/c1-20(2,3)16-9-7-14-11-15-8-10-17(21(4,5)6)13-19(15)18(14)12-16;1-8-5-6-9(7-8)10(2,3)4;1-2-4-6-5-3-1;/h7,9-10,12-13H,11H2,1-6H3;6-8H,1-4H3;1-5H2;/q2*-1;;+2.